The number of aryl methyl sites for hydroxylation is 2. The van der Waals surface area contributed by atoms with E-state index in [0.717, 1.165) is 45.0 Å². The lowest BCUT2D eigenvalue weighted by Gasteiger charge is -2.08. The summed E-state index contributed by atoms with van der Waals surface area (Å²) in [4.78, 5) is 19.0. The quantitative estimate of drug-likeness (QED) is 0.572. The first-order chi connectivity index (χ1) is 12.6. The molecule has 0 atom stereocenters. The van der Waals surface area contributed by atoms with E-state index in [9.17, 15) is 0 Å². The number of hydrogen-bond acceptors (Lipinski definition) is 6. The van der Waals surface area contributed by atoms with Crippen molar-refractivity contribution < 1.29 is 0 Å². The highest BCUT2D eigenvalue weighted by Crippen LogP contribution is 2.35. The molecule has 3 aliphatic heterocycles. The lowest BCUT2D eigenvalue weighted by molar-refractivity contribution is 0.731. The molecule has 1 N–H and O–H groups in total. The van der Waals surface area contributed by atoms with Gasteiger partial charge in [0, 0.05) is 29.9 Å². The molecule has 0 fully saturated rings. The van der Waals surface area contributed by atoms with Crippen LogP contribution in [0.5, 0.6) is 0 Å². The summed E-state index contributed by atoms with van der Waals surface area (Å²) in [6.45, 7) is 4.68. The fourth-order valence-electron chi connectivity index (χ4n) is 3.53. The van der Waals surface area contributed by atoms with Gasteiger partial charge in [-0.25, -0.2) is 19.9 Å². The van der Waals surface area contributed by atoms with Crippen LogP contribution in [0.25, 0.3) is 39.9 Å². The maximum Gasteiger partial charge on any atom is 0.164 e. The molecule has 0 bridgehead atoms. The minimum atomic E-state index is 0.647. The van der Waals surface area contributed by atoms with Crippen LogP contribution in [-0.2, 0) is 13.6 Å². The maximum absolute atomic E-state index is 4.91. The van der Waals surface area contributed by atoms with E-state index in [1.165, 1.54) is 0 Å². The van der Waals surface area contributed by atoms with Gasteiger partial charge >= 0.3 is 0 Å². The van der Waals surface area contributed by atoms with Crippen molar-refractivity contribution in [2.45, 2.75) is 20.4 Å². The van der Waals surface area contributed by atoms with Crippen LogP contribution in [0, 0.1) is 13.8 Å². The minimum Gasteiger partial charge on any atom is -0.385 e. The molecule has 26 heavy (non-hydrogen) atoms. The molecule has 2 aromatic heterocycles. The van der Waals surface area contributed by atoms with Gasteiger partial charge in [-0.1, -0.05) is 0 Å². The van der Waals surface area contributed by atoms with Crippen molar-refractivity contribution in [3.05, 3.63) is 47.2 Å². The summed E-state index contributed by atoms with van der Waals surface area (Å²) in [5, 5.41) is 8.63. The fourth-order valence-corrected chi connectivity index (χ4v) is 3.53. The van der Waals surface area contributed by atoms with Crippen molar-refractivity contribution in [2.24, 2.45) is 7.05 Å². The third-order valence-electron chi connectivity index (χ3n) is 4.88. The Hall–Kier alpha value is -3.35. The molecule has 0 aliphatic carbocycles. The van der Waals surface area contributed by atoms with Gasteiger partial charge in [-0.2, -0.15) is 5.10 Å². The predicted molar refractivity (Wildman–Crippen MR) is 99.3 cm³/mol. The van der Waals surface area contributed by atoms with Crippen molar-refractivity contribution in [3.63, 3.8) is 0 Å². The van der Waals surface area contributed by atoms with Gasteiger partial charge < -0.3 is 5.32 Å². The molecular formula is C19H17N7. The van der Waals surface area contributed by atoms with Crippen molar-refractivity contribution in [3.8, 4) is 22.8 Å². The first kappa shape index (κ1) is 14.9. The van der Waals surface area contributed by atoms with Gasteiger partial charge in [0.1, 0.15) is 11.4 Å². The second kappa shape index (κ2) is 5.32. The zero-order valence-electron chi connectivity index (χ0n) is 14.8. The molecule has 0 aromatic carbocycles. The molecule has 0 radical (unpaired) electrons. The molecule has 7 nitrogen and oxygen atoms in total. The number of hydrogen-bond donors (Lipinski definition) is 1. The molecule has 128 valence electrons. The van der Waals surface area contributed by atoms with Gasteiger partial charge in [-0.05, 0) is 38.3 Å². The Morgan fingerprint density at radius 3 is 2.77 bits per heavy atom. The summed E-state index contributed by atoms with van der Waals surface area (Å²) in [7, 11) is 1.94. The molecule has 7 heteroatoms. The summed E-state index contributed by atoms with van der Waals surface area (Å²) in [5.74, 6) is 0.702. The normalized spacial score (nSPS) is 13.2. The van der Waals surface area contributed by atoms with E-state index < -0.39 is 0 Å². The van der Waals surface area contributed by atoms with E-state index in [-0.39, 0.29) is 0 Å². The Labute approximate surface area is 150 Å². The molecule has 2 aromatic rings. The predicted octanol–water partition coefficient (Wildman–Crippen LogP) is 2.62. The standard InChI is InChI=1S/C19H17N7/c1-10-15(11(2)26(3)25-10)19-23-16-12-6-8-20-9-14(12)22-18-13(17(16)24-19)5-4-7-21-18/h4-8,20H,9H2,1-3H3. The molecule has 5 rings (SSSR count). The van der Waals surface area contributed by atoms with Gasteiger partial charge in [0.05, 0.1) is 23.5 Å². The molecule has 0 amide bonds. The summed E-state index contributed by atoms with van der Waals surface area (Å²) in [6.07, 6.45) is 5.69. The third kappa shape index (κ3) is 2.03. The van der Waals surface area contributed by atoms with Gasteiger partial charge in [0.2, 0.25) is 0 Å². The smallest absolute Gasteiger partial charge is 0.164 e. The van der Waals surface area contributed by atoms with Crippen LogP contribution in [0.4, 0.5) is 0 Å². The molecular weight excluding hydrogens is 326 g/mol. The molecule has 3 aliphatic rings. The molecule has 0 unspecified atom stereocenters. The lowest BCUT2D eigenvalue weighted by atomic mass is 10.1. The van der Waals surface area contributed by atoms with Crippen molar-refractivity contribution >= 4 is 17.1 Å². The summed E-state index contributed by atoms with van der Waals surface area (Å²) >= 11 is 0. The number of imidazole rings is 1. The zero-order valence-corrected chi connectivity index (χ0v) is 14.8. The first-order valence-corrected chi connectivity index (χ1v) is 8.49. The number of rotatable bonds is 1. The Balaban J connectivity index is 1.91. The second-order valence-corrected chi connectivity index (χ2v) is 6.47. The van der Waals surface area contributed by atoms with E-state index >= 15 is 0 Å². The van der Waals surface area contributed by atoms with Crippen molar-refractivity contribution in [1.29, 1.82) is 0 Å². The Morgan fingerprint density at radius 1 is 1.12 bits per heavy atom. The van der Waals surface area contributed by atoms with Crippen molar-refractivity contribution in [2.75, 3.05) is 0 Å². The van der Waals surface area contributed by atoms with E-state index in [2.05, 4.69) is 15.4 Å². The van der Waals surface area contributed by atoms with E-state index in [1.807, 2.05) is 50.0 Å². The Bertz CT molecular complexity index is 1170. The highest BCUT2D eigenvalue weighted by Gasteiger charge is 2.24. The molecule has 0 spiro atoms. The van der Waals surface area contributed by atoms with Gasteiger partial charge in [0.25, 0.3) is 0 Å². The molecule has 0 saturated heterocycles. The van der Waals surface area contributed by atoms with E-state index in [4.69, 9.17) is 15.0 Å². The first-order valence-electron chi connectivity index (χ1n) is 8.49. The summed E-state index contributed by atoms with van der Waals surface area (Å²) < 4.78 is 1.87. The number of nitrogens with one attached hydrogen (secondary N) is 1. The highest BCUT2D eigenvalue weighted by molar-refractivity contribution is 5.94. The second-order valence-electron chi connectivity index (χ2n) is 6.47. The number of aromatic nitrogens is 6. The number of nitrogens with zero attached hydrogens (tertiary/aromatic N) is 6. The van der Waals surface area contributed by atoms with Crippen LogP contribution >= 0.6 is 0 Å². The van der Waals surface area contributed by atoms with Gasteiger partial charge in [-0.15, -0.1) is 0 Å². The zero-order chi connectivity index (χ0) is 17.8. The number of pyridine rings is 1. The van der Waals surface area contributed by atoms with Crippen LogP contribution < -0.4 is 5.32 Å². The van der Waals surface area contributed by atoms with E-state index in [0.29, 0.717) is 18.0 Å². The van der Waals surface area contributed by atoms with E-state index in [1.54, 1.807) is 6.20 Å². The largest absolute Gasteiger partial charge is 0.385 e. The maximum atomic E-state index is 4.91. The Kier molecular flexibility index (Phi) is 3.06. The monoisotopic (exact) mass is 343 g/mol. The van der Waals surface area contributed by atoms with Crippen LogP contribution in [0.1, 0.15) is 22.6 Å². The van der Waals surface area contributed by atoms with Gasteiger partial charge in [0.15, 0.2) is 11.5 Å². The van der Waals surface area contributed by atoms with Crippen LogP contribution in [-0.4, -0.2) is 29.7 Å². The average molecular weight is 343 g/mol. The SMILES string of the molecule is Cc1nn(C)c(C)c1-c1nc2c3c(nc4ncccc4c-2n1)CNC=C3. The number of fused-ring (bicyclic) bond motifs is 5. The Morgan fingerprint density at radius 2 is 1.96 bits per heavy atom. The molecule has 5 heterocycles. The topological polar surface area (TPSA) is 81.4 Å². The lowest BCUT2D eigenvalue weighted by Crippen LogP contribution is -2.11. The fraction of sp³-hybridized carbons (Fsp3) is 0.211. The van der Waals surface area contributed by atoms with Crippen molar-refractivity contribution in [1.82, 2.24) is 35.0 Å². The average Bonchev–Trinajstić information content (AvgIpc) is 3.13. The van der Waals surface area contributed by atoms with Crippen LogP contribution in [0.3, 0.4) is 0 Å². The highest BCUT2D eigenvalue weighted by atomic mass is 15.3. The molecule has 0 saturated carbocycles. The third-order valence-corrected chi connectivity index (χ3v) is 4.88. The van der Waals surface area contributed by atoms with Crippen LogP contribution in [0.2, 0.25) is 0 Å². The summed E-state index contributed by atoms with van der Waals surface area (Å²) in [6, 6.07) is 3.91. The minimum absolute atomic E-state index is 0.647. The van der Waals surface area contributed by atoms with Gasteiger partial charge in [-0.3, -0.25) is 4.68 Å². The summed E-state index contributed by atoms with van der Waals surface area (Å²) in [5.41, 5.74) is 7.25. The van der Waals surface area contributed by atoms with Crippen LogP contribution in [0.15, 0.2) is 24.5 Å².